The van der Waals surface area contributed by atoms with Crippen LogP contribution in [-0.2, 0) is 0 Å². The Morgan fingerprint density at radius 3 is 2.83 bits per heavy atom. The number of nitrogens with zero attached hydrogens (tertiary/aromatic N) is 1. The molecule has 0 spiro atoms. The van der Waals surface area contributed by atoms with E-state index in [4.69, 9.17) is 4.98 Å². The molecule has 1 aliphatic carbocycles. The first-order valence-electron chi connectivity index (χ1n) is 7.78. The molecule has 1 N–H and O–H groups in total. The molecule has 1 aromatic heterocycles. The molecule has 0 aliphatic heterocycles. The summed E-state index contributed by atoms with van der Waals surface area (Å²) >= 11 is 0. The third-order valence-corrected chi connectivity index (χ3v) is 4.04. The maximum atomic E-state index is 4.74. The van der Waals surface area contributed by atoms with Crippen LogP contribution in [0.2, 0.25) is 0 Å². The fourth-order valence-corrected chi connectivity index (χ4v) is 2.87. The summed E-state index contributed by atoms with van der Waals surface area (Å²) in [5.41, 5.74) is 1.30. The second kappa shape index (κ2) is 7.60. The van der Waals surface area contributed by atoms with Crippen LogP contribution in [0.4, 0.5) is 0 Å². The Morgan fingerprint density at radius 2 is 2.06 bits per heavy atom. The Morgan fingerprint density at radius 1 is 1.22 bits per heavy atom. The molecule has 1 fully saturated rings. The van der Waals surface area contributed by atoms with Gasteiger partial charge in [-0.05, 0) is 19.3 Å². The minimum absolute atomic E-state index is 0.720. The maximum absolute atomic E-state index is 4.74. The molecule has 0 amide bonds. The van der Waals surface area contributed by atoms with Crippen LogP contribution in [0.1, 0.15) is 88.6 Å². The summed E-state index contributed by atoms with van der Waals surface area (Å²) in [5, 5.41) is 0. The predicted molar refractivity (Wildman–Crippen MR) is 76.6 cm³/mol. The van der Waals surface area contributed by atoms with Gasteiger partial charge in [0, 0.05) is 18.5 Å². The maximum Gasteiger partial charge on any atom is 0.110 e. The van der Waals surface area contributed by atoms with Crippen LogP contribution in [0.15, 0.2) is 6.20 Å². The molecule has 1 saturated carbocycles. The fraction of sp³-hybridized carbons (Fsp3) is 0.750. The molecule has 0 bridgehead atoms. The van der Waals surface area contributed by atoms with Gasteiger partial charge >= 0.3 is 0 Å². The standard InChI is InChI=1S/C16H27N2/c1-2-3-4-5-9-12-16-17-13-15(18-16)14-10-7-6-8-11-14/h12-14H,2-11H2,1H3,(H,17,18). The van der Waals surface area contributed by atoms with Gasteiger partial charge in [-0.1, -0.05) is 51.9 Å². The van der Waals surface area contributed by atoms with Gasteiger partial charge in [-0.3, -0.25) is 0 Å². The molecule has 2 rings (SSSR count). The smallest absolute Gasteiger partial charge is 0.110 e. The summed E-state index contributed by atoms with van der Waals surface area (Å²) < 4.78 is 0. The van der Waals surface area contributed by atoms with Gasteiger partial charge in [-0.15, -0.1) is 0 Å². The zero-order chi connectivity index (χ0) is 12.6. The van der Waals surface area contributed by atoms with Crippen molar-refractivity contribution >= 4 is 0 Å². The average molecular weight is 247 g/mol. The van der Waals surface area contributed by atoms with Gasteiger partial charge in [0.05, 0.1) is 5.69 Å². The number of aromatic nitrogens is 2. The highest BCUT2D eigenvalue weighted by Crippen LogP contribution is 2.31. The van der Waals surface area contributed by atoms with Crippen LogP contribution in [-0.4, -0.2) is 9.97 Å². The van der Waals surface area contributed by atoms with E-state index < -0.39 is 0 Å². The van der Waals surface area contributed by atoms with Crippen LogP contribution in [0.5, 0.6) is 0 Å². The summed E-state index contributed by atoms with van der Waals surface area (Å²) in [6.07, 6.45) is 17.7. The molecule has 1 aliphatic rings. The van der Waals surface area contributed by atoms with E-state index >= 15 is 0 Å². The minimum Gasteiger partial charge on any atom is -0.348 e. The molecule has 0 atom stereocenters. The second-order valence-corrected chi connectivity index (χ2v) is 5.60. The van der Waals surface area contributed by atoms with Gasteiger partial charge in [0.25, 0.3) is 0 Å². The zero-order valence-electron chi connectivity index (χ0n) is 11.8. The number of hydrogen-bond acceptors (Lipinski definition) is 1. The SMILES string of the molecule is CCCCCC[CH]c1nc(C2CCCCC2)c[nH]1. The molecule has 0 saturated heterocycles. The fourth-order valence-electron chi connectivity index (χ4n) is 2.87. The highest BCUT2D eigenvalue weighted by Gasteiger charge is 2.17. The molecule has 18 heavy (non-hydrogen) atoms. The third-order valence-electron chi connectivity index (χ3n) is 4.04. The zero-order valence-corrected chi connectivity index (χ0v) is 11.8. The van der Waals surface area contributed by atoms with E-state index in [9.17, 15) is 0 Å². The van der Waals surface area contributed by atoms with E-state index in [2.05, 4.69) is 24.5 Å². The molecule has 101 valence electrons. The lowest BCUT2D eigenvalue weighted by Gasteiger charge is -2.19. The number of aromatic amines is 1. The topological polar surface area (TPSA) is 28.7 Å². The molecule has 2 nitrogen and oxygen atoms in total. The van der Waals surface area contributed by atoms with E-state index in [1.54, 1.807) is 0 Å². The van der Waals surface area contributed by atoms with E-state index in [-0.39, 0.29) is 0 Å². The van der Waals surface area contributed by atoms with Gasteiger partial charge in [-0.25, -0.2) is 4.98 Å². The van der Waals surface area contributed by atoms with Crippen LogP contribution in [0, 0.1) is 6.42 Å². The molecule has 2 heteroatoms. The monoisotopic (exact) mass is 247 g/mol. The first-order chi connectivity index (χ1) is 8.90. The Balaban J connectivity index is 1.72. The highest BCUT2D eigenvalue weighted by molar-refractivity contribution is 5.12. The number of unbranched alkanes of at least 4 members (excludes halogenated alkanes) is 4. The third kappa shape index (κ3) is 4.15. The average Bonchev–Trinajstić information content (AvgIpc) is 2.88. The highest BCUT2D eigenvalue weighted by atomic mass is 14.9. The van der Waals surface area contributed by atoms with E-state index in [1.807, 2.05) is 0 Å². The van der Waals surface area contributed by atoms with Gasteiger partial charge in [0.15, 0.2) is 0 Å². The Kier molecular flexibility index (Phi) is 5.76. The van der Waals surface area contributed by atoms with Crippen LogP contribution in [0.25, 0.3) is 0 Å². The minimum atomic E-state index is 0.720. The normalized spacial score (nSPS) is 17.2. The number of H-pyrrole nitrogens is 1. The first-order valence-corrected chi connectivity index (χ1v) is 7.78. The van der Waals surface area contributed by atoms with Gasteiger partial charge in [0.2, 0.25) is 0 Å². The van der Waals surface area contributed by atoms with Crippen molar-refractivity contribution in [1.82, 2.24) is 9.97 Å². The lowest BCUT2D eigenvalue weighted by Crippen LogP contribution is -2.04. The van der Waals surface area contributed by atoms with E-state index in [1.165, 1.54) is 63.5 Å². The number of imidazole rings is 1. The van der Waals surface area contributed by atoms with E-state index in [0.717, 1.165) is 18.2 Å². The van der Waals surface area contributed by atoms with Crippen molar-refractivity contribution in [1.29, 1.82) is 0 Å². The molecular weight excluding hydrogens is 220 g/mol. The molecule has 0 unspecified atom stereocenters. The van der Waals surface area contributed by atoms with E-state index in [0.29, 0.717) is 0 Å². The summed E-state index contributed by atoms with van der Waals surface area (Å²) in [7, 11) is 0. The molecule has 1 radical (unpaired) electrons. The summed E-state index contributed by atoms with van der Waals surface area (Å²) in [5.74, 6) is 1.81. The predicted octanol–water partition coefficient (Wildman–Crippen LogP) is 4.98. The molecule has 0 aromatic carbocycles. The lowest BCUT2D eigenvalue weighted by molar-refractivity contribution is 0.437. The number of hydrogen-bond donors (Lipinski definition) is 1. The van der Waals surface area contributed by atoms with Crippen LogP contribution in [0.3, 0.4) is 0 Å². The van der Waals surface area contributed by atoms with Crippen LogP contribution < -0.4 is 0 Å². The Bertz CT molecular complexity index is 324. The molecule has 1 aromatic rings. The first kappa shape index (κ1) is 13.6. The van der Waals surface area contributed by atoms with Crippen molar-refractivity contribution in [2.75, 3.05) is 0 Å². The number of rotatable bonds is 7. The van der Waals surface area contributed by atoms with Crippen molar-refractivity contribution in [2.24, 2.45) is 0 Å². The quantitative estimate of drug-likeness (QED) is 0.676. The van der Waals surface area contributed by atoms with Crippen molar-refractivity contribution in [3.8, 4) is 0 Å². The van der Waals surface area contributed by atoms with Gasteiger partial charge in [-0.2, -0.15) is 0 Å². The lowest BCUT2D eigenvalue weighted by atomic mass is 9.87. The Hall–Kier alpha value is -0.790. The Labute approximate surface area is 112 Å². The van der Waals surface area contributed by atoms with Crippen molar-refractivity contribution in [3.05, 3.63) is 24.1 Å². The van der Waals surface area contributed by atoms with Crippen molar-refractivity contribution in [2.45, 2.75) is 77.0 Å². The van der Waals surface area contributed by atoms with Gasteiger partial charge in [0.1, 0.15) is 5.82 Å². The second-order valence-electron chi connectivity index (χ2n) is 5.60. The number of nitrogens with one attached hydrogen (secondary N) is 1. The largest absolute Gasteiger partial charge is 0.348 e. The van der Waals surface area contributed by atoms with Gasteiger partial charge < -0.3 is 4.98 Å². The van der Waals surface area contributed by atoms with Crippen LogP contribution >= 0.6 is 0 Å². The van der Waals surface area contributed by atoms with Crippen molar-refractivity contribution in [3.63, 3.8) is 0 Å². The molecular formula is C16H27N2. The summed E-state index contributed by atoms with van der Waals surface area (Å²) in [6, 6.07) is 0. The van der Waals surface area contributed by atoms with Crippen molar-refractivity contribution < 1.29 is 0 Å². The molecule has 1 heterocycles. The summed E-state index contributed by atoms with van der Waals surface area (Å²) in [6.45, 7) is 2.26. The summed E-state index contributed by atoms with van der Waals surface area (Å²) in [4.78, 5) is 8.07.